The van der Waals surface area contributed by atoms with Gasteiger partial charge in [0.25, 0.3) is 0 Å². The van der Waals surface area contributed by atoms with E-state index < -0.39 is 6.51 Å². The molecule has 3 heteroatoms. The normalized spacial score (nSPS) is 117. The van der Waals surface area contributed by atoms with Gasteiger partial charge in [-0.3, -0.25) is 0 Å². The molecule has 10 aliphatic heterocycles. The van der Waals surface area contributed by atoms with Gasteiger partial charge in [-0.15, -0.1) is 0 Å². The van der Waals surface area contributed by atoms with Crippen LogP contribution in [0.4, 0.5) is 0 Å². The van der Waals surface area contributed by atoms with E-state index in [1.165, 1.54) is 38.5 Å². The van der Waals surface area contributed by atoms with E-state index in [4.69, 9.17) is 4.98 Å². The van der Waals surface area contributed by atoms with Crippen LogP contribution in [0.3, 0.4) is 0 Å². The first-order valence-corrected chi connectivity index (χ1v) is 14.2. The van der Waals surface area contributed by atoms with Gasteiger partial charge in [0.2, 0.25) is 0 Å². The summed E-state index contributed by atoms with van der Waals surface area (Å²) < 4.78 is 1.62. The summed E-state index contributed by atoms with van der Waals surface area (Å²) >= 11 is 0. The van der Waals surface area contributed by atoms with Gasteiger partial charge < -0.3 is 0 Å². The summed E-state index contributed by atoms with van der Waals surface area (Å²) in [6.45, 7) is -3.08. The number of hydrogen-bond donors (Lipinski definition) is 0. The first-order valence-electron chi connectivity index (χ1n) is 7.46. The summed E-state index contributed by atoms with van der Waals surface area (Å²) in [4.78, 5) is 15.9. The van der Waals surface area contributed by atoms with Crippen LogP contribution < -0.4 is 0 Å². The zero-order valence-corrected chi connectivity index (χ0v) is 12.1. The van der Waals surface area contributed by atoms with Crippen LogP contribution in [0, 0.1) is 0 Å². The third-order valence-electron chi connectivity index (χ3n) is 16.0. The Labute approximate surface area is 97.6 Å². The summed E-state index contributed by atoms with van der Waals surface area (Å²) in [6.07, 6.45) is 2.08. The molecule has 10 aliphatic rings. The van der Waals surface area contributed by atoms with Crippen molar-refractivity contribution in [3.05, 3.63) is 30.1 Å². The molecule has 1 nitrogen and oxygen atoms in total. The van der Waals surface area contributed by atoms with Crippen molar-refractivity contribution >= 4 is 9.24 Å². The fourth-order valence-electron chi connectivity index (χ4n) is 18.0. The molecule has 0 aromatic carbocycles. The molecule has 0 bridgehead atoms. The second kappa shape index (κ2) is 0.558. The van der Waals surface area contributed by atoms with Crippen LogP contribution in [0.25, 0.3) is 0 Å². The van der Waals surface area contributed by atoms with E-state index in [1.807, 2.05) is 0 Å². The van der Waals surface area contributed by atoms with Crippen molar-refractivity contribution < 1.29 is 6.51 Å². The molecule has 1 spiro atoms. The number of rotatable bonds is 1. The molecule has 0 radical (unpaired) electrons. The fraction of sp³-hybridized carbons (Fsp3) is 0.667. The summed E-state index contributed by atoms with van der Waals surface area (Å²) in [5.41, 5.74) is 1.60. The Morgan fingerprint density at radius 1 is 1.00 bits per heavy atom. The zero-order chi connectivity index (χ0) is 11.0. The van der Waals surface area contributed by atoms with Gasteiger partial charge in [0.1, 0.15) is 0 Å². The van der Waals surface area contributed by atoms with Gasteiger partial charge in [-0.05, 0) is 0 Å². The van der Waals surface area contributed by atoms with Crippen LogP contribution in [0.2, 0.25) is 38.5 Å². The van der Waals surface area contributed by atoms with Crippen molar-refractivity contribution in [3.63, 3.8) is 0 Å². The number of fused-ring (bicyclic) bond motifs is 10. The summed E-state index contributed by atoms with van der Waals surface area (Å²) in [6, 6.07) is 6.80. The molecule has 10 saturated heterocycles. The number of nitrogens with zero attached hydrogens (tertiary/aromatic N) is 1. The molecule has 0 saturated carbocycles. The van der Waals surface area contributed by atoms with Crippen molar-refractivity contribution in [1.82, 2.24) is 4.98 Å². The minimum atomic E-state index is -3.08. The quantitative estimate of drug-likeness (QED) is 0.569. The van der Waals surface area contributed by atoms with E-state index in [0.717, 1.165) is 8.37 Å². The maximum atomic E-state index is 4.94. The molecule has 11 rings (SSSR count). The predicted octanol–water partition coefficient (Wildman–Crippen LogP) is 3.66. The van der Waals surface area contributed by atoms with Gasteiger partial charge in [0.15, 0.2) is 0 Å². The van der Waals surface area contributed by atoms with Gasteiger partial charge in [0.05, 0.1) is 0 Å². The van der Waals surface area contributed by atoms with E-state index in [0.29, 0.717) is 0 Å². The van der Waals surface area contributed by atoms with Crippen molar-refractivity contribution in [2.45, 2.75) is 46.9 Å². The predicted molar refractivity (Wildman–Crippen MR) is 68.4 cm³/mol. The Kier molecular flexibility index (Phi) is 0.208. The standard InChI is InChI=1S/C10H9NP.C5H5.Fe/c12-10-6-3-4-8(10)9-5-1-2-7-11-9;1-2-4-5-3-1;/h1-7H,12H2;1-5H;. The molecule has 10 fully saturated rings. The van der Waals surface area contributed by atoms with Gasteiger partial charge in [-0.25, -0.2) is 0 Å². The summed E-state index contributed by atoms with van der Waals surface area (Å²) in [5.74, 6) is 0. The molecule has 11 heterocycles. The van der Waals surface area contributed by atoms with Crippen LogP contribution in [0.5, 0.6) is 0 Å². The van der Waals surface area contributed by atoms with Crippen molar-refractivity contribution in [2.75, 3.05) is 0 Å². The van der Waals surface area contributed by atoms with Crippen LogP contribution in [0.1, 0.15) is 5.69 Å². The monoisotopic (exact) mass is 295 g/mol. The maximum absolute atomic E-state index is 4.94. The molecule has 18 heavy (non-hydrogen) atoms. The number of aromatic nitrogens is 1. The Morgan fingerprint density at radius 3 is 2.06 bits per heavy atom. The Bertz CT molecular complexity index is 1150. The van der Waals surface area contributed by atoms with Crippen molar-refractivity contribution in [3.8, 4) is 0 Å². The van der Waals surface area contributed by atoms with Crippen molar-refractivity contribution in [1.29, 1.82) is 0 Å². The summed E-state index contributed by atoms with van der Waals surface area (Å²) in [7, 11) is 3.55. The number of pyridine rings is 1. The molecular weight excluding hydrogens is 281 g/mol. The Hall–Kier alpha value is 0.0995. The van der Waals surface area contributed by atoms with E-state index in [1.54, 1.807) is 5.69 Å². The first kappa shape index (κ1) is 6.70. The molecule has 6 atom stereocenters. The van der Waals surface area contributed by atoms with Crippen LogP contribution in [-0.2, 0) is 10.8 Å². The average Bonchev–Trinajstić information content (AvgIpc) is 3.34. The van der Waals surface area contributed by atoms with Gasteiger partial charge in [-0.2, -0.15) is 0 Å². The average molecular weight is 295 g/mol. The van der Waals surface area contributed by atoms with Crippen molar-refractivity contribution in [2.24, 2.45) is 0 Å². The second-order valence-electron chi connectivity index (χ2n) is 11.0. The molecule has 6 unspecified atom stereocenters. The molecule has 0 amide bonds. The first-order chi connectivity index (χ1) is 8.54. The SMILES string of the molecule is P[C]12[CH]3[CH]4[CH]5[C]1(c1ccccn1)[Fe]43521678[CH]2[CH]1[CH]6[CH]7[CH]28. The molecule has 92 valence electrons. The molecule has 1 aromatic heterocycles. The van der Waals surface area contributed by atoms with E-state index in [9.17, 15) is 0 Å². The molecule has 0 aliphatic carbocycles. The third kappa shape index (κ3) is 0.0631. The fourth-order valence-corrected chi connectivity index (χ4v) is 102. The molecule has 1 aromatic rings. The summed E-state index contributed by atoms with van der Waals surface area (Å²) in [5, 5.41) is 0. The van der Waals surface area contributed by atoms with Crippen LogP contribution in [-0.4, -0.2) is 9.04 Å². The van der Waals surface area contributed by atoms with E-state index >= 15 is 0 Å². The van der Waals surface area contributed by atoms with Gasteiger partial charge in [0, 0.05) is 0 Å². The molecular formula is C15H14FeNP. The van der Waals surface area contributed by atoms with Crippen LogP contribution >= 0.6 is 9.24 Å². The number of hydrogen-bond acceptors (Lipinski definition) is 1. The van der Waals surface area contributed by atoms with E-state index in [2.05, 4.69) is 33.6 Å². The molecule has 0 N–H and O–H groups in total. The third-order valence-corrected chi connectivity index (χ3v) is 64.5. The Balaban J connectivity index is 1.65. The zero-order valence-electron chi connectivity index (χ0n) is 9.81. The minimum absolute atomic E-state index is 0.776. The second-order valence-corrected chi connectivity index (χ2v) is 35.7. The van der Waals surface area contributed by atoms with E-state index in [-0.39, 0.29) is 0 Å². The van der Waals surface area contributed by atoms with Gasteiger partial charge >= 0.3 is 97.7 Å². The Morgan fingerprint density at radius 2 is 1.72 bits per heavy atom. The van der Waals surface area contributed by atoms with Crippen LogP contribution in [0.15, 0.2) is 24.4 Å². The topological polar surface area (TPSA) is 12.9 Å². The van der Waals surface area contributed by atoms with Gasteiger partial charge in [-0.1, -0.05) is 0 Å².